The van der Waals surface area contributed by atoms with E-state index in [1.165, 1.54) is 0 Å². The number of carboxylic acids is 1. The maximum absolute atomic E-state index is 12.5. The third kappa shape index (κ3) is 7.32. The zero-order valence-corrected chi connectivity index (χ0v) is 21.1. The van der Waals surface area contributed by atoms with Crippen LogP contribution >= 0.6 is 45.2 Å². The summed E-state index contributed by atoms with van der Waals surface area (Å²) in [6.45, 7) is 1.19. The summed E-state index contributed by atoms with van der Waals surface area (Å²) in [6, 6.07) is 11.8. The average molecular weight is 661 g/mol. The summed E-state index contributed by atoms with van der Waals surface area (Å²) < 4.78 is 1.88. The van der Waals surface area contributed by atoms with Crippen LogP contribution in [0.3, 0.4) is 0 Å². The minimum absolute atomic E-state index is 0.262. The molecule has 0 saturated heterocycles. The zero-order chi connectivity index (χ0) is 23.1. The maximum atomic E-state index is 12.5. The van der Waals surface area contributed by atoms with E-state index in [0.717, 1.165) is 13.7 Å². The average Bonchev–Trinajstić information content (AvgIpc) is 3.23. The van der Waals surface area contributed by atoms with Crippen molar-refractivity contribution in [2.45, 2.75) is 12.5 Å². The molecule has 1 aliphatic rings. The summed E-state index contributed by atoms with van der Waals surface area (Å²) in [5, 5.41) is 20.7. The Kier molecular flexibility index (Phi) is 8.67. The summed E-state index contributed by atoms with van der Waals surface area (Å²) >= 11 is 4.29. The van der Waals surface area contributed by atoms with Crippen molar-refractivity contribution >= 4 is 74.6 Å². The van der Waals surface area contributed by atoms with Gasteiger partial charge in [0.05, 0.1) is 25.6 Å². The summed E-state index contributed by atoms with van der Waals surface area (Å²) in [5.41, 5.74) is 1.78. The predicted molar refractivity (Wildman–Crippen MR) is 138 cm³/mol. The quantitative estimate of drug-likeness (QED) is 0.276. The van der Waals surface area contributed by atoms with Crippen molar-refractivity contribution in [1.29, 1.82) is 0 Å². The first-order valence-electron chi connectivity index (χ1n) is 9.71. The van der Waals surface area contributed by atoms with Gasteiger partial charge < -0.3 is 26.4 Å². The normalized spacial score (nSPS) is 13.5. The van der Waals surface area contributed by atoms with Gasteiger partial charge in [-0.1, -0.05) is 6.07 Å². The van der Waals surface area contributed by atoms with Crippen LogP contribution in [-0.4, -0.2) is 48.5 Å². The third-order valence-electron chi connectivity index (χ3n) is 4.47. The van der Waals surface area contributed by atoms with E-state index < -0.39 is 23.8 Å². The van der Waals surface area contributed by atoms with Crippen LogP contribution in [0.2, 0.25) is 0 Å². The number of halogens is 2. The fourth-order valence-electron chi connectivity index (χ4n) is 3.07. The van der Waals surface area contributed by atoms with Crippen LogP contribution in [0, 0.1) is 7.14 Å². The lowest BCUT2D eigenvalue weighted by Gasteiger charge is -2.18. The summed E-state index contributed by atoms with van der Waals surface area (Å²) in [7, 11) is 0. The number of hydrogen-bond donors (Lipinski definition) is 5. The van der Waals surface area contributed by atoms with Crippen LogP contribution in [0.4, 0.5) is 5.69 Å². The van der Waals surface area contributed by atoms with Crippen LogP contribution < -0.4 is 21.3 Å². The number of amides is 2. The van der Waals surface area contributed by atoms with Gasteiger partial charge in [-0.3, -0.25) is 19.4 Å². The standard InChI is InChI=1S/C21H21I2N5O4/c22-14-6-13(7-15(23)9-14)17(10-19(30)31)28-18(29)11-26-20(32)12-2-1-3-16(8-12)27-21-24-4-5-25-21/h1-3,6-9,17H,4-5,10-11H2,(H,26,32)(H,28,29)(H,30,31)(H2,24,25,27). The van der Waals surface area contributed by atoms with Gasteiger partial charge in [0.1, 0.15) is 0 Å². The molecule has 1 heterocycles. The molecule has 0 spiro atoms. The molecule has 2 aromatic carbocycles. The molecule has 2 aromatic rings. The van der Waals surface area contributed by atoms with Crippen molar-refractivity contribution in [3.8, 4) is 0 Å². The van der Waals surface area contributed by atoms with Gasteiger partial charge in [-0.05, 0) is 87.1 Å². The smallest absolute Gasteiger partial charge is 0.305 e. The van der Waals surface area contributed by atoms with Crippen LogP contribution in [0.25, 0.3) is 0 Å². The van der Waals surface area contributed by atoms with Gasteiger partial charge in [-0.2, -0.15) is 0 Å². The van der Waals surface area contributed by atoms with E-state index in [4.69, 9.17) is 0 Å². The van der Waals surface area contributed by atoms with Crippen molar-refractivity contribution in [3.63, 3.8) is 0 Å². The van der Waals surface area contributed by atoms with Gasteiger partial charge in [-0.25, -0.2) is 0 Å². The minimum atomic E-state index is -1.03. The molecule has 0 aliphatic carbocycles. The molecule has 5 N–H and O–H groups in total. The molecule has 0 fully saturated rings. The number of anilines is 1. The lowest BCUT2D eigenvalue weighted by atomic mass is 10.0. The van der Waals surface area contributed by atoms with Crippen LogP contribution in [0.5, 0.6) is 0 Å². The highest BCUT2D eigenvalue weighted by Gasteiger charge is 2.19. The van der Waals surface area contributed by atoms with Crippen molar-refractivity contribution in [2.75, 3.05) is 25.0 Å². The van der Waals surface area contributed by atoms with Crippen molar-refractivity contribution in [2.24, 2.45) is 4.99 Å². The molecular weight excluding hydrogens is 640 g/mol. The largest absolute Gasteiger partial charge is 0.481 e. The molecule has 168 valence electrons. The third-order valence-corrected chi connectivity index (χ3v) is 5.72. The number of nitrogens with zero attached hydrogens (tertiary/aromatic N) is 1. The molecule has 0 bridgehead atoms. The minimum Gasteiger partial charge on any atom is -0.481 e. The number of nitrogens with one attached hydrogen (secondary N) is 4. The molecule has 0 aromatic heterocycles. The Bertz CT molecular complexity index is 1040. The van der Waals surface area contributed by atoms with E-state index >= 15 is 0 Å². The van der Waals surface area contributed by atoms with Gasteiger partial charge in [0, 0.05) is 24.9 Å². The Morgan fingerprint density at radius 3 is 2.53 bits per heavy atom. The molecule has 2 amide bonds. The van der Waals surface area contributed by atoms with Gasteiger partial charge in [0.2, 0.25) is 5.91 Å². The molecule has 0 radical (unpaired) electrons. The Hall–Kier alpha value is -2.42. The first-order chi connectivity index (χ1) is 15.3. The second-order valence-corrected chi connectivity index (χ2v) is 9.46. The van der Waals surface area contributed by atoms with E-state index in [1.54, 1.807) is 18.2 Å². The number of aliphatic imine (C=N–C) groups is 1. The van der Waals surface area contributed by atoms with Gasteiger partial charge in [0.15, 0.2) is 5.96 Å². The highest BCUT2D eigenvalue weighted by molar-refractivity contribution is 14.1. The molecule has 9 nitrogen and oxygen atoms in total. The molecule has 3 rings (SSSR count). The number of aliphatic carboxylic acids is 1. The van der Waals surface area contributed by atoms with Crippen molar-refractivity contribution in [3.05, 3.63) is 60.7 Å². The number of hydrogen-bond acceptors (Lipinski definition) is 6. The summed E-state index contributed by atoms with van der Waals surface area (Å²) in [6.07, 6.45) is -0.262. The number of rotatable bonds is 8. The fraction of sp³-hybridized carbons (Fsp3) is 0.238. The van der Waals surface area contributed by atoms with Crippen LogP contribution in [0.1, 0.15) is 28.4 Å². The number of guanidine groups is 1. The number of carboxylic acid groups (broad SMARTS) is 1. The lowest BCUT2D eigenvalue weighted by molar-refractivity contribution is -0.137. The highest BCUT2D eigenvalue weighted by Crippen LogP contribution is 2.22. The molecule has 1 unspecified atom stereocenters. The fourth-order valence-corrected chi connectivity index (χ4v) is 5.05. The van der Waals surface area contributed by atoms with E-state index in [2.05, 4.69) is 71.4 Å². The van der Waals surface area contributed by atoms with E-state index in [0.29, 0.717) is 29.3 Å². The number of carbonyl (C=O) groups excluding carboxylic acids is 2. The van der Waals surface area contributed by atoms with Gasteiger partial charge in [0.25, 0.3) is 5.91 Å². The molecule has 0 saturated carbocycles. The lowest BCUT2D eigenvalue weighted by Crippen LogP contribution is -2.39. The Morgan fingerprint density at radius 1 is 1.12 bits per heavy atom. The summed E-state index contributed by atoms with van der Waals surface area (Å²) in [4.78, 5) is 40.5. The predicted octanol–water partition coefficient (Wildman–Crippen LogP) is 2.33. The molecule has 1 atom stereocenters. The second-order valence-electron chi connectivity index (χ2n) is 6.97. The van der Waals surface area contributed by atoms with Crippen molar-refractivity contribution in [1.82, 2.24) is 16.0 Å². The highest BCUT2D eigenvalue weighted by atomic mass is 127. The van der Waals surface area contributed by atoms with E-state index in [-0.39, 0.29) is 13.0 Å². The van der Waals surface area contributed by atoms with Crippen LogP contribution in [-0.2, 0) is 9.59 Å². The second kappa shape index (κ2) is 11.4. The molecule has 11 heteroatoms. The van der Waals surface area contributed by atoms with Gasteiger partial charge >= 0.3 is 5.97 Å². The first kappa shape index (κ1) is 24.2. The Morgan fingerprint density at radius 2 is 1.88 bits per heavy atom. The summed E-state index contributed by atoms with van der Waals surface area (Å²) in [5.74, 6) is -1.27. The Labute approximate surface area is 212 Å². The first-order valence-corrected chi connectivity index (χ1v) is 11.9. The van der Waals surface area contributed by atoms with E-state index in [1.807, 2.05) is 24.3 Å². The monoisotopic (exact) mass is 661 g/mol. The SMILES string of the molecule is O=C(O)CC(NC(=O)CNC(=O)c1cccc(NC2=NCCN2)c1)c1cc(I)cc(I)c1. The van der Waals surface area contributed by atoms with Gasteiger partial charge in [-0.15, -0.1) is 0 Å². The zero-order valence-electron chi connectivity index (χ0n) is 16.8. The maximum Gasteiger partial charge on any atom is 0.305 e. The molecule has 1 aliphatic heterocycles. The topological polar surface area (TPSA) is 132 Å². The number of carbonyl (C=O) groups is 3. The molecular formula is C21H21I2N5O4. The van der Waals surface area contributed by atoms with E-state index in [9.17, 15) is 19.5 Å². The Balaban J connectivity index is 1.59. The van der Waals surface area contributed by atoms with Crippen LogP contribution in [0.15, 0.2) is 47.5 Å². The molecule has 32 heavy (non-hydrogen) atoms. The number of benzene rings is 2. The van der Waals surface area contributed by atoms with Crippen molar-refractivity contribution < 1.29 is 19.5 Å².